The molecule has 24 heavy (non-hydrogen) atoms. The minimum absolute atomic E-state index is 0.0657. The van der Waals surface area contributed by atoms with E-state index in [1.165, 1.54) is 29.2 Å². The van der Waals surface area contributed by atoms with Crippen LogP contribution in [0.1, 0.15) is 26.5 Å². The number of ketones is 1. The van der Waals surface area contributed by atoms with E-state index in [1.807, 2.05) is 36.4 Å². The molecule has 0 radical (unpaired) electrons. The van der Waals surface area contributed by atoms with Crippen LogP contribution in [-0.2, 0) is 9.59 Å². The van der Waals surface area contributed by atoms with E-state index in [1.54, 1.807) is 19.2 Å². The van der Waals surface area contributed by atoms with Crippen LogP contribution in [0, 0.1) is 17.2 Å². The van der Waals surface area contributed by atoms with Crippen molar-refractivity contribution in [1.82, 2.24) is 4.98 Å². The minimum atomic E-state index is -0.257. The lowest BCUT2D eigenvalue weighted by molar-refractivity contribution is -0.118. The summed E-state index contributed by atoms with van der Waals surface area (Å²) < 4.78 is 0. The first-order valence-electron chi connectivity index (χ1n) is 7.41. The molecule has 0 aliphatic heterocycles. The van der Waals surface area contributed by atoms with E-state index in [2.05, 4.69) is 4.98 Å². The smallest absolute Gasteiger partial charge is 0.230 e. The third-order valence-electron chi connectivity index (χ3n) is 3.23. The zero-order valence-electron chi connectivity index (χ0n) is 13.7. The van der Waals surface area contributed by atoms with Gasteiger partial charge >= 0.3 is 0 Å². The predicted octanol–water partition coefficient (Wildman–Crippen LogP) is 3.96. The van der Waals surface area contributed by atoms with Crippen molar-refractivity contribution in [3.8, 4) is 6.07 Å². The fourth-order valence-corrected chi connectivity index (χ4v) is 2.91. The molecule has 5 nitrogen and oxygen atoms in total. The molecule has 1 aromatic heterocycles. The van der Waals surface area contributed by atoms with Gasteiger partial charge in [-0.25, -0.2) is 4.98 Å². The number of nitrogens with zero attached hydrogens (tertiary/aromatic N) is 3. The van der Waals surface area contributed by atoms with Gasteiger partial charge in [0.25, 0.3) is 0 Å². The van der Waals surface area contributed by atoms with Gasteiger partial charge in [0, 0.05) is 18.2 Å². The van der Waals surface area contributed by atoms with Crippen LogP contribution in [0.2, 0.25) is 0 Å². The molecule has 2 aromatic rings. The van der Waals surface area contributed by atoms with E-state index in [4.69, 9.17) is 5.26 Å². The monoisotopic (exact) mass is 339 g/mol. The molecular weight excluding hydrogens is 322 g/mol. The largest absolute Gasteiger partial charge is 0.293 e. The molecular formula is C18H17N3O2S. The van der Waals surface area contributed by atoms with Crippen LogP contribution in [0.15, 0.2) is 41.3 Å². The fraction of sp³-hybridized carbons (Fsp3) is 0.222. The number of aromatic nitrogens is 1. The lowest BCUT2D eigenvalue weighted by atomic mass is 10.0. The minimum Gasteiger partial charge on any atom is -0.293 e. The second-order valence-electron chi connectivity index (χ2n) is 5.43. The first-order valence-corrected chi connectivity index (χ1v) is 8.29. The zero-order valence-corrected chi connectivity index (χ0v) is 14.5. The van der Waals surface area contributed by atoms with Crippen LogP contribution in [0.5, 0.6) is 0 Å². The number of nitriles is 1. The summed E-state index contributed by atoms with van der Waals surface area (Å²) >= 11 is 1.28. The molecule has 0 fully saturated rings. The van der Waals surface area contributed by atoms with E-state index in [9.17, 15) is 9.59 Å². The van der Waals surface area contributed by atoms with Crippen molar-refractivity contribution in [2.45, 2.75) is 20.8 Å². The number of anilines is 2. The average molecular weight is 339 g/mol. The van der Waals surface area contributed by atoms with E-state index in [0.717, 1.165) is 0 Å². The molecule has 0 spiro atoms. The molecule has 2 rings (SSSR count). The van der Waals surface area contributed by atoms with Gasteiger partial charge in [-0.1, -0.05) is 32.0 Å². The van der Waals surface area contributed by atoms with E-state index < -0.39 is 0 Å². The zero-order chi connectivity index (χ0) is 17.7. The van der Waals surface area contributed by atoms with Crippen LogP contribution in [0.3, 0.4) is 0 Å². The number of rotatable bonds is 5. The molecule has 0 saturated carbocycles. The van der Waals surface area contributed by atoms with Gasteiger partial charge in [0.15, 0.2) is 10.9 Å². The van der Waals surface area contributed by atoms with Gasteiger partial charge in [0.1, 0.15) is 6.07 Å². The van der Waals surface area contributed by atoms with Crippen molar-refractivity contribution in [2.24, 2.45) is 5.92 Å². The van der Waals surface area contributed by atoms with E-state index >= 15 is 0 Å². The van der Waals surface area contributed by atoms with Gasteiger partial charge in [-0.05, 0) is 18.2 Å². The summed E-state index contributed by atoms with van der Waals surface area (Å²) in [5.74, 6) is -0.643. The van der Waals surface area contributed by atoms with Gasteiger partial charge < -0.3 is 0 Å². The van der Waals surface area contributed by atoms with Crippen molar-refractivity contribution in [3.63, 3.8) is 0 Å². The summed E-state index contributed by atoms with van der Waals surface area (Å²) in [4.78, 5) is 29.8. The highest BCUT2D eigenvalue weighted by Crippen LogP contribution is 2.29. The van der Waals surface area contributed by atoms with Crippen LogP contribution in [0.25, 0.3) is 6.08 Å². The standard InChI is InChI=1S/C18H17N3O2S/c1-12(2)17(23)14(10-19)9-15-11-24-18(20-15)21(13(3)22)16-7-5-4-6-8-16/h4-9,11-12H,1-3H3/b14-9-. The third kappa shape index (κ3) is 3.94. The van der Waals surface area contributed by atoms with Gasteiger partial charge in [0.2, 0.25) is 5.91 Å². The maximum atomic E-state index is 12.0. The molecule has 1 amide bonds. The molecule has 0 unspecified atom stereocenters. The molecule has 0 bridgehead atoms. The lowest BCUT2D eigenvalue weighted by Gasteiger charge is -2.17. The van der Waals surface area contributed by atoms with Gasteiger partial charge in [-0.2, -0.15) is 5.26 Å². The molecule has 6 heteroatoms. The Morgan fingerprint density at radius 1 is 1.29 bits per heavy atom. The lowest BCUT2D eigenvalue weighted by Crippen LogP contribution is -2.22. The van der Waals surface area contributed by atoms with Crippen LogP contribution in [-0.4, -0.2) is 16.7 Å². The second-order valence-corrected chi connectivity index (χ2v) is 6.27. The topological polar surface area (TPSA) is 74.1 Å². The quantitative estimate of drug-likeness (QED) is 0.610. The Labute approximate surface area is 144 Å². The summed E-state index contributed by atoms with van der Waals surface area (Å²) in [6.45, 7) is 4.95. The molecule has 0 N–H and O–H groups in total. The predicted molar refractivity (Wildman–Crippen MR) is 94.8 cm³/mol. The Kier molecular flexibility index (Phi) is 5.61. The van der Waals surface area contributed by atoms with Crippen molar-refractivity contribution < 1.29 is 9.59 Å². The second kappa shape index (κ2) is 7.66. The summed E-state index contributed by atoms with van der Waals surface area (Å²) in [5.41, 5.74) is 1.27. The highest BCUT2D eigenvalue weighted by molar-refractivity contribution is 7.14. The molecule has 0 saturated heterocycles. The Morgan fingerprint density at radius 3 is 2.50 bits per heavy atom. The number of amides is 1. The van der Waals surface area contributed by atoms with E-state index in [0.29, 0.717) is 16.5 Å². The molecule has 0 aliphatic carbocycles. The number of para-hydroxylation sites is 1. The van der Waals surface area contributed by atoms with Crippen LogP contribution < -0.4 is 4.90 Å². The summed E-state index contributed by atoms with van der Waals surface area (Å²) in [5, 5.41) is 11.4. The maximum absolute atomic E-state index is 12.0. The SMILES string of the molecule is CC(=O)N(c1ccccc1)c1nc(/C=C(/C#N)C(=O)C(C)C)cs1. The fourth-order valence-electron chi connectivity index (χ4n) is 2.07. The highest BCUT2D eigenvalue weighted by Gasteiger charge is 2.18. The average Bonchev–Trinajstić information content (AvgIpc) is 3.00. The number of hydrogen-bond donors (Lipinski definition) is 0. The van der Waals surface area contributed by atoms with Gasteiger partial charge in [-0.15, -0.1) is 11.3 Å². The number of Topliss-reactive ketones (excluding diaryl/α,β-unsaturated/α-hetero) is 1. The summed E-state index contributed by atoms with van der Waals surface area (Å²) in [7, 11) is 0. The first kappa shape index (κ1) is 17.6. The van der Waals surface area contributed by atoms with Gasteiger partial charge in [-0.3, -0.25) is 14.5 Å². The number of allylic oxidation sites excluding steroid dienone is 1. The molecule has 0 atom stereocenters. The van der Waals surface area contributed by atoms with Crippen LogP contribution in [0.4, 0.5) is 10.8 Å². The normalized spacial score (nSPS) is 11.2. The third-order valence-corrected chi connectivity index (χ3v) is 4.08. The number of thiazole rings is 1. The number of carbonyl (C=O) groups is 2. The Bertz CT molecular complexity index is 816. The van der Waals surface area contributed by atoms with Crippen molar-refractivity contribution in [3.05, 3.63) is 47.0 Å². The molecule has 1 aromatic carbocycles. The van der Waals surface area contributed by atoms with Crippen molar-refractivity contribution in [1.29, 1.82) is 5.26 Å². The first-order chi connectivity index (χ1) is 11.4. The number of carbonyl (C=O) groups excluding carboxylic acids is 2. The molecule has 0 aliphatic rings. The number of hydrogen-bond acceptors (Lipinski definition) is 5. The molecule has 122 valence electrons. The summed E-state index contributed by atoms with van der Waals surface area (Å²) in [6.07, 6.45) is 1.46. The maximum Gasteiger partial charge on any atom is 0.230 e. The highest BCUT2D eigenvalue weighted by atomic mass is 32.1. The van der Waals surface area contributed by atoms with Crippen molar-refractivity contribution in [2.75, 3.05) is 4.90 Å². The van der Waals surface area contributed by atoms with Gasteiger partial charge in [0.05, 0.1) is 17.0 Å². The summed E-state index contributed by atoms with van der Waals surface area (Å²) in [6, 6.07) is 11.1. The van der Waals surface area contributed by atoms with Crippen molar-refractivity contribution >= 4 is 39.9 Å². The van der Waals surface area contributed by atoms with E-state index in [-0.39, 0.29) is 23.2 Å². The Morgan fingerprint density at radius 2 is 1.96 bits per heavy atom. The van der Waals surface area contributed by atoms with Crippen LogP contribution >= 0.6 is 11.3 Å². The molecule has 1 heterocycles. The number of benzene rings is 1. The Hall–Kier alpha value is -2.78. The Balaban J connectivity index is 2.37.